The standard InChI is InChI=1S/C32H41Cl2N3O2/c1-6-17-35-29(38)22-11-9-21(10-12-22)27(7-2)37-30(39)28(23-18-25(33)20-26(34)19-23)36-32(37)15-13-24(14-16-32)31(4,5)8-3/h9-12,18-20,24,27H,6-8,13-17H2,1-5H3,(H,35,38)/t24?,27-,32?/m1/s1. The summed E-state index contributed by atoms with van der Waals surface area (Å²) in [5.74, 6) is 0.426. The second-order valence-electron chi connectivity index (χ2n) is 11.7. The molecule has 1 aliphatic heterocycles. The molecule has 2 aliphatic rings. The van der Waals surface area contributed by atoms with Crippen LogP contribution in [0, 0.1) is 11.3 Å². The molecule has 5 nitrogen and oxygen atoms in total. The predicted octanol–water partition coefficient (Wildman–Crippen LogP) is 8.24. The number of rotatable bonds is 9. The minimum atomic E-state index is -0.612. The van der Waals surface area contributed by atoms with Gasteiger partial charge in [-0.1, -0.05) is 76.4 Å². The van der Waals surface area contributed by atoms with E-state index in [9.17, 15) is 9.59 Å². The molecule has 2 aromatic rings. The molecule has 0 aromatic heterocycles. The van der Waals surface area contributed by atoms with Crippen LogP contribution in [0.4, 0.5) is 0 Å². The molecule has 0 radical (unpaired) electrons. The third-order valence-corrected chi connectivity index (χ3v) is 9.36. The van der Waals surface area contributed by atoms with Crippen molar-refractivity contribution in [3.8, 4) is 0 Å². The predicted molar refractivity (Wildman–Crippen MR) is 161 cm³/mol. The van der Waals surface area contributed by atoms with Crippen molar-refractivity contribution in [3.05, 3.63) is 69.2 Å². The summed E-state index contributed by atoms with van der Waals surface area (Å²) < 4.78 is 0. The number of carbonyl (C=O) groups excluding carboxylic acids is 2. The van der Waals surface area contributed by atoms with Crippen LogP contribution in [0.25, 0.3) is 0 Å². The van der Waals surface area contributed by atoms with Gasteiger partial charge in [0, 0.05) is 27.7 Å². The highest BCUT2D eigenvalue weighted by molar-refractivity contribution is 6.47. The van der Waals surface area contributed by atoms with Crippen molar-refractivity contribution in [3.63, 3.8) is 0 Å². The molecule has 0 saturated heterocycles. The fourth-order valence-corrected chi connectivity index (χ4v) is 6.72. The van der Waals surface area contributed by atoms with Gasteiger partial charge in [0.2, 0.25) is 0 Å². The first-order chi connectivity index (χ1) is 18.5. The number of aliphatic imine (C=N–C) groups is 1. The SMILES string of the molecule is CCCNC(=O)c1ccc([C@@H](CC)N2C(=O)C(c3cc(Cl)cc(Cl)c3)=NC23CCC(C(C)(C)CC)CC3)cc1. The van der Waals surface area contributed by atoms with Crippen LogP contribution in [-0.2, 0) is 4.79 Å². The van der Waals surface area contributed by atoms with Gasteiger partial charge in [0.15, 0.2) is 0 Å². The Hall–Kier alpha value is -2.37. The van der Waals surface area contributed by atoms with Gasteiger partial charge in [-0.2, -0.15) is 0 Å². The van der Waals surface area contributed by atoms with E-state index in [0.29, 0.717) is 39.3 Å². The van der Waals surface area contributed by atoms with E-state index in [2.05, 4.69) is 33.0 Å². The van der Waals surface area contributed by atoms with Gasteiger partial charge in [-0.15, -0.1) is 0 Å². The fraction of sp³-hybridized carbons (Fsp3) is 0.531. The van der Waals surface area contributed by atoms with Crippen LogP contribution in [0.5, 0.6) is 0 Å². The van der Waals surface area contributed by atoms with Gasteiger partial charge in [0.1, 0.15) is 11.4 Å². The van der Waals surface area contributed by atoms with E-state index in [0.717, 1.165) is 50.5 Å². The minimum absolute atomic E-state index is 0.0783. The zero-order valence-electron chi connectivity index (χ0n) is 23.8. The quantitative estimate of drug-likeness (QED) is 0.330. The molecular weight excluding hydrogens is 529 g/mol. The summed E-state index contributed by atoms with van der Waals surface area (Å²) in [6, 6.07) is 12.7. The van der Waals surface area contributed by atoms with Gasteiger partial charge in [0.05, 0.1) is 6.04 Å². The Morgan fingerprint density at radius 2 is 1.69 bits per heavy atom. The molecule has 1 aliphatic carbocycles. The number of carbonyl (C=O) groups is 2. The first kappa shape index (κ1) is 29.6. The molecule has 1 atom stereocenters. The van der Waals surface area contributed by atoms with Crippen LogP contribution >= 0.6 is 23.2 Å². The number of halogens is 2. The van der Waals surface area contributed by atoms with Gasteiger partial charge in [-0.3, -0.25) is 14.6 Å². The second-order valence-corrected chi connectivity index (χ2v) is 12.6. The van der Waals surface area contributed by atoms with Crippen LogP contribution in [0.2, 0.25) is 10.0 Å². The topological polar surface area (TPSA) is 61.8 Å². The third kappa shape index (κ3) is 6.05. The smallest absolute Gasteiger partial charge is 0.275 e. The normalized spacial score (nSPS) is 22.2. The highest BCUT2D eigenvalue weighted by atomic mass is 35.5. The Balaban J connectivity index is 1.71. The van der Waals surface area contributed by atoms with Gasteiger partial charge in [0.25, 0.3) is 11.8 Å². The van der Waals surface area contributed by atoms with E-state index in [-0.39, 0.29) is 23.3 Å². The maximum Gasteiger partial charge on any atom is 0.275 e. The van der Waals surface area contributed by atoms with Crippen LogP contribution in [0.1, 0.15) is 107 Å². The van der Waals surface area contributed by atoms with Crippen molar-refractivity contribution in [2.45, 2.75) is 91.3 Å². The molecule has 1 heterocycles. The Kier molecular flexibility index (Phi) is 9.12. The highest BCUT2D eigenvalue weighted by Crippen LogP contribution is 2.50. The first-order valence-corrected chi connectivity index (χ1v) is 15.1. The number of hydrogen-bond acceptors (Lipinski definition) is 3. The monoisotopic (exact) mass is 569 g/mol. The molecule has 1 spiro atoms. The van der Waals surface area contributed by atoms with Gasteiger partial charge in [-0.05, 0) is 85.8 Å². The maximum atomic E-state index is 14.2. The highest BCUT2D eigenvalue weighted by Gasteiger charge is 2.52. The molecule has 1 saturated carbocycles. The van der Waals surface area contributed by atoms with Crippen molar-refractivity contribution >= 4 is 40.7 Å². The lowest BCUT2D eigenvalue weighted by molar-refractivity contribution is -0.133. The Bertz CT molecular complexity index is 1210. The molecule has 0 bridgehead atoms. The number of nitrogens with zero attached hydrogens (tertiary/aromatic N) is 2. The summed E-state index contributed by atoms with van der Waals surface area (Å²) in [5, 5.41) is 3.90. The van der Waals surface area contributed by atoms with Crippen molar-refractivity contribution in [2.75, 3.05) is 6.54 Å². The average Bonchev–Trinajstić information content (AvgIpc) is 3.19. The third-order valence-electron chi connectivity index (χ3n) is 8.92. The van der Waals surface area contributed by atoms with Crippen molar-refractivity contribution < 1.29 is 9.59 Å². The molecule has 1 fully saturated rings. The molecule has 1 N–H and O–H groups in total. The molecule has 0 unspecified atom stereocenters. The average molecular weight is 571 g/mol. The summed E-state index contributed by atoms with van der Waals surface area (Å²) in [4.78, 5) is 34.0. The largest absolute Gasteiger partial charge is 0.352 e. The number of benzene rings is 2. The van der Waals surface area contributed by atoms with E-state index in [1.54, 1.807) is 18.2 Å². The molecule has 39 heavy (non-hydrogen) atoms. The fourth-order valence-electron chi connectivity index (χ4n) is 6.19. The summed E-state index contributed by atoms with van der Waals surface area (Å²) in [7, 11) is 0. The lowest BCUT2D eigenvalue weighted by Crippen LogP contribution is -2.51. The van der Waals surface area contributed by atoms with Crippen LogP contribution in [0.15, 0.2) is 47.5 Å². The molecule has 2 amide bonds. The Morgan fingerprint density at radius 1 is 1.08 bits per heavy atom. The van der Waals surface area contributed by atoms with Crippen molar-refractivity contribution in [1.29, 1.82) is 0 Å². The number of hydrogen-bond donors (Lipinski definition) is 1. The molecule has 2 aromatic carbocycles. The molecule has 7 heteroatoms. The Labute approximate surface area is 243 Å². The lowest BCUT2D eigenvalue weighted by atomic mass is 9.67. The zero-order valence-corrected chi connectivity index (χ0v) is 25.3. The Morgan fingerprint density at radius 3 is 2.23 bits per heavy atom. The van der Waals surface area contributed by atoms with Crippen molar-refractivity contribution in [2.24, 2.45) is 16.3 Å². The van der Waals surface area contributed by atoms with E-state index in [1.807, 2.05) is 36.1 Å². The van der Waals surface area contributed by atoms with E-state index < -0.39 is 5.66 Å². The van der Waals surface area contributed by atoms with Crippen LogP contribution < -0.4 is 5.32 Å². The minimum Gasteiger partial charge on any atom is -0.352 e. The number of amides is 2. The van der Waals surface area contributed by atoms with Crippen molar-refractivity contribution in [1.82, 2.24) is 10.2 Å². The van der Waals surface area contributed by atoms with E-state index >= 15 is 0 Å². The van der Waals surface area contributed by atoms with Gasteiger partial charge in [-0.25, -0.2) is 0 Å². The van der Waals surface area contributed by atoms with Gasteiger partial charge >= 0.3 is 0 Å². The summed E-state index contributed by atoms with van der Waals surface area (Å²) in [6.45, 7) is 11.7. The van der Waals surface area contributed by atoms with Gasteiger partial charge < -0.3 is 10.2 Å². The molecule has 4 rings (SSSR count). The molecule has 210 valence electrons. The number of nitrogens with one attached hydrogen (secondary N) is 1. The summed E-state index contributed by atoms with van der Waals surface area (Å²) >= 11 is 12.7. The van der Waals surface area contributed by atoms with Crippen LogP contribution in [-0.4, -0.2) is 34.6 Å². The van der Waals surface area contributed by atoms with Crippen LogP contribution in [0.3, 0.4) is 0 Å². The first-order valence-electron chi connectivity index (χ1n) is 14.3. The molecular formula is C32H41Cl2N3O2. The maximum absolute atomic E-state index is 14.2. The summed E-state index contributed by atoms with van der Waals surface area (Å²) in [5.41, 5.74) is 2.36. The second kappa shape index (κ2) is 12.0. The lowest BCUT2D eigenvalue weighted by Gasteiger charge is -2.48. The van der Waals surface area contributed by atoms with E-state index in [4.69, 9.17) is 28.2 Å². The zero-order chi connectivity index (χ0) is 28.4. The van der Waals surface area contributed by atoms with E-state index in [1.165, 1.54) is 0 Å². The summed E-state index contributed by atoms with van der Waals surface area (Å²) in [6.07, 6.45) is 6.42.